The van der Waals surface area contributed by atoms with Crippen LogP contribution >= 0.6 is 11.6 Å². The number of anilines is 1. The predicted octanol–water partition coefficient (Wildman–Crippen LogP) is 3.09. The summed E-state index contributed by atoms with van der Waals surface area (Å²) in [5.41, 5.74) is 0.575. The first-order chi connectivity index (χ1) is 13.6. The van der Waals surface area contributed by atoms with E-state index in [0.717, 1.165) is 44.7 Å². The third-order valence-corrected chi connectivity index (χ3v) is 5.65. The molecule has 0 aliphatic carbocycles. The molecule has 0 unspecified atom stereocenters. The second-order valence-electron chi connectivity index (χ2n) is 7.32. The molecule has 0 radical (unpaired) electrons. The van der Waals surface area contributed by atoms with Gasteiger partial charge in [0.2, 0.25) is 5.91 Å². The Morgan fingerprint density at radius 3 is 2.64 bits per heavy atom. The standard InChI is InChI=1S/C20H25ClN4O3/c1-24-8-5-22-19(24)13-25-6-3-14(4-7-25)20(26)23-16-12-18-17(11-15(16)21)27-9-2-10-28-18/h5,8,11-12,14H,2-4,6-7,9-10,13H2,1H3,(H,23,26). The van der Waals surface area contributed by atoms with Gasteiger partial charge in [0.05, 0.1) is 30.5 Å². The van der Waals surface area contributed by atoms with E-state index in [1.54, 1.807) is 12.1 Å². The largest absolute Gasteiger partial charge is 0.490 e. The van der Waals surface area contributed by atoms with Crippen LogP contribution in [0.5, 0.6) is 11.5 Å². The van der Waals surface area contributed by atoms with Crippen molar-refractivity contribution in [2.75, 3.05) is 31.6 Å². The van der Waals surface area contributed by atoms with Gasteiger partial charge in [-0.15, -0.1) is 0 Å². The van der Waals surface area contributed by atoms with Crippen molar-refractivity contribution in [1.29, 1.82) is 0 Å². The Morgan fingerprint density at radius 1 is 1.25 bits per heavy atom. The van der Waals surface area contributed by atoms with E-state index in [0.29, 0.717) is 35.4 Å². The topological polar surface area (TPSA) is 68.6 Å². The van der Waals surface area contributed by atoms with E-state index in [2.05, 4.69) is 15.2 Å². The number of carbonyl (C=O) groups excluding carboxylic acids is 1. The molecule has 7 nitrogen and oxygen atoms in total. The molecule has 1 N–H and O–H groups in total. The number of nitrogens with zero attached hydrogens (tertiary/aromatic N) is 3. The van der Waals surface area contributed by atoms with Gasteiger partial charge in [-0.3, -0.25) is 9.69 Å². The summed E-state index contributed by atoms with van der Waals surface area (Å²) in [5, 5.41) is 3.44. The van der Waals surface area contributed by atoms with Gasteiger partial charge < -0.3 is 19.4 Å². The molecule has 0 atom stereocenters. The summed E-state index contributed by atoms with van der Waals surface area (Å²) in [6.07, 6.45) is 6.23. The molecule has 28 heavy (non-hydrogen) atoms. The molecule has 1 fully saturated rings. The number of hydrogen-bond donors (Lipinski definition) is 1. The van der Waals surface area contributed by atoms with Crippen LogP contribution in [0.4, 0.5) is 5.69 Å². The fourth-order valence-electron chi connectivity index (χ4n) is 3.62. The van der Waals surface area contributed by atoms with Gasteiger partial charge in [-0.2, -0.15) is 0 Å². The van der Waals surface area contributed by atoms with Crippen molar-refractivity contribution < 1.29 is 14.3 Å². The molecule has 4 rings (SSSR count). The van der Waals surface area contributed by atoms with Gasteiger partial charge >= 0.3 is 0 Å². The van der Waals surface area contributed by atoms with Crippen molar-refractivity contribution in [3.63, 3.8) is 0 Å². The van der Waals surface area contributed by atoms with Crippen molar-refractivity contribution in [1.82, 2.24) is 14.5 Å². The van der Waals surface area contributed by atoms with Gasteiger partial charge in [-0.05, 0) is 25.9 Å². The van der Waals surface area contributed by atoms with Crippen molar-refractivity contribution in [3.8, 4) is 11.5 Å². The summed E-state index contributed by atoms with van der Waals surface area (Å²) in [4.78, 5) is 19.5. The first kappa shape index (κ1) is 19.1. The van der Waals surface area contributed by atoms with Crippen molar-refractivity contribution in [3.05, 3.63) is 35.4 Å². The fraction of sp³-hybridized carbons (Fsp3) is 0.500. The average Bonchev–Trinajstić information content (AvgIpc) is 2.95. The van der Waals surface area contributed by atoms with Gasteiger partial charge in [-0.25, -0.2) is 4.98 Å². The Bertz CT molecular complexity index is 846. The second-order valence-corrected chi connectivity index (χ2v) is 7.73. The van der Waals surface area contributed by atoms with Gasteiger partial charge in [0, 0.05) is 43.9 Å². The fourth-order valence-corrected chi connectivity index (χ4v) is 3.82. The molecule has 0 spiro atoms. The number of hydrogen-bond acceptors (Lipinski definition) is 5. The minimum absolute atomic E-state index is 0.00744. The number of halogens is 1. The molecule has 0 bridgehead atoms. The molecular formula is C20H25ClN4O3. The lowest BCUT2D eigenvalue weighted by Gasteiger charge is -2.31. The lowest BCUT2D eigenvalue weighted by atomic mass is 9.95. The van der Waals surface area contributed by atoms with E-state index in [9.17, 15) is 4.79 Å². The van der Waals surface area contributed by atoms with E-state index in [1.807, 2.05) is 24.0 Å². The number of piperidine rings is 1. The van der Waals surface area contributed by atoms with Crippen molar-refractivity contribution >= 4 is 23.2 Å². The highest BCUT2D eigenvalue weighted by Crippen LogP contribution is 2.38. The normalized spacial score (nSPS) is 17.9. The minimum atomic E-state index is -0.0235. The summed E-state index contributed by atoms with van der Waals surface area (Å²) in [5.74, 6) is 2.28. The van der Waals surface area contributed by atoms with E-state index in [4.69, 9.17) is 21.1 Å². The molecule has 8 heteroatoms. The number of rotatable bonds is 4. The van der Waals surface area contributed by atoms with Gasteiger partial charge in [-0.1, -0.05) is 11.6 Å². The first-order valence-electron chi connectivity index (χ1n) is 9.68. The van der Waals surface area contributed by atoms with Crippen LogP contribution in [0.1, 0.15) is 25.1 Å². The Balaban J connectivity index is 1.34. The van der Waals surface area contributed by atoms with Crippen LogP contribution in [0.25, 0.3) is 0 Å². The van der Waals surface area contributed by atoms with E-state index >= 15 is 0 Å². The zero-order valence-electron chi connectivity index (χ0n) is 16.0. The smallest absolute Gasteiger partial charge is 0.227 e. The Labute approximate surface area is 169 Å². The third-order valence-electron chi connectivity index (χ3n) is 5.34. The highest BCUT2D eigenvalue weighted by atomic mass is 35.5. The molecule has 0 saturated carbocycles. The van der Waals surface area contributed by atoms with Crippen molar-refractivity contribution in [2.24, 2.45) is 13.0 Å². The number of fused-ring (bicyclic) bond motifs is 1. The molecular weight excluding hydrogens is 380 g/mol. The zero-order valence-corrected chi connectivity index (χ0v) is 16.7. The van der Waals surface area contributed by atoms with Crippen LogP contribution in [-0.4, -0.2) is 46.7 Å². The van der Waals surface area contributed by atoms with Crippen LogP contribution in [0.2, 0.25) is 5.02 Å². The van der Waals surface area contributed by atoms with Gasteiger partial charge in [0.1, 0.15) is 5.82 Å². The summed E-state index contributed by atoms with van der Waals surface area (Å²) in [6.45, 7) is 3.76. The highest BCUT2D eigenvalue weighted by molar-refractivity contribution is 6.34. The van der Waals surface area contributed by atoms with Crippen molar-refractivity contribution in [2.45, 2.75) is 25.8 Å². The molecule has 1 amide bonds. The molecule has 150 valence electrons. The summed E-state index contributed by atoms with van der Waals surface area (Å²) in [6, 6.07) is 3.48. The maximum absolute atomic E-state index is 12.8. The Morgan fingerprint density at radius 2 is 1.96 bits per heavy atom. The van der Waals surface area contributed by atoms with Gasteiger partial charge in [0.15, 0.2) is 11.5 Å². The van der Waals surface area contributed by atoms with Crippen LogP contribution in [0, 0.1) is 5.92 Å². The molecule has 2 aliphatic rings. The SMILES string of the molecule is Cn1ccnc1CN1CCC(C(=O)Nc2cc3c(cc2Cl)OCCCO3)CC1. The number of aryl methyl sites for hydroxylation is 1. The average molecular weight is 405 g/mol. The lowest BCUT2D eigenvalue weighted by Crippen LogP contribution is -2.38. The minimum Gasteiger partial charge on any atom is -0.490 e. The van der Waals surface area contributed by atoms with E-state index < -0.39 is 0 Å². The molecule has 1 aromatic heterocycles. The van der Waals surface area contributed by atoms with Crippen LogP contribution < -0.4 is 14.8 Å². The van der Waals surface area contributed by atoms with E-state index in [1.165, 1.54) is 0 Å². The molecule has 1 aromatic carbocycles. The number of imidazole rings is 1. The number of nitrogens with one attached hydrogen (secondary N) is 1. The maximum Gasteiger partial charge on any atom is 0.227 e. The lowest BCUT2D eigenvalue weighted by molar-refractivity contribution is -0.121. The number of amides is 1. The van der Waals surface area contributed by atoms with Gasteiger partial charge in [0.25, 0.3) is 0 Å². The van der Waals surface area contributed by atoms with Crippen LogP contribution in [0.15, 0.2) is 24.5 Å². The zero-order chi connectivity index (χ0) is 19.5. The predicted molar refractivity (Wildman–Crippen MR) is 107 cm³/mol. The quantitative estimate of drug-likeness (QED) is 0.848. The number of benzene rings is 1. The number of ether oxygens (including phenoxy) is 2. The molecule has 2 aromatic rings. The monoisotopic (exact) mass is 404 g/mol. The third kappa shape index (κ3) is 4.25. The number of aromatic nitrogens is 2. The van der Waals surface area contributed by atoms with Crippen LogP contribution in [-0.2, 0) is 18.4 Å². The Kier molecular flexibility index (Phi) is 5.73. The summed E-state index contributed by atoms with van der Waals surface area (Å²) >= 11 is 6.35. The Hall–Kier alpha value is -2.25. The maximum atomic E-state index is 12.8. The second kappa shape index (κ2) is 8.41. The highest BCUT2D eigenvalue weighted by Gasteiger charge is 2.26. The number of carbonyl (C=O) groups is 1. The summed E-state index contributed by atoms with van der Waals surface area (Å²) in [7, 11) is 2.00. The summed E-state index contributed by atoms with van der Waals surface area (Å²) < 4.78 is 13.4. The van der Waals surface area contributed by atoms with E-state index in [-0.39, 0.29) is 11.8 Å². The number of likely N-dealkylation sites (tertiary alicyclic amines) is 1. The molecule has 2 aliphatic heterocycles. The first-order valence-corrected chi connectivity index (χ1v) is 10.1. The van der Waals surface area contributed by atoms with Crippen LogP contribution in [0.3, 0.4) is 0 Å². The molecule has 3 heterocycles. The molecule has 1 saturated heterocycles.